The summed E-state index contributed by atoms with van der Waals surface area (Å²) < 4.78 is 19.6. The Morgan fingerprint density at radius 3 is 1.04 bits per heavy atom. The number of rotatable bonds is 12. The van der Waals surface area contributed by atoms with Gasteiger partial charge < -0.3 is 53.5 Å². The summed E-state index contributed by atoms with van der Waals surface area (Å²) in [6.45, 7) is 25.1. The van der Waals surface area contributed by atoms with E-state index >= 15 is 0 Å². The van der Waals surface area contributed by atoms with E-state index in [0.717, 1.165) is 0 Å². The molecule has 2 rings (SSSR count). The summed E-state index contributed by atoms with van der Waals surface area (Å²) in [5.41, 5.74) is 0.620. The second kappa shape index (κ2) is 45.0. The van der Waals surface area contributed by atoms with Crippen molar-refractivity contribution in [2.45, 2.75) is 97.6 Å². The van der Waals surface area contributed by atoms with Crippen molar-refractivity contribution in [1.82, 2.24) is 0 Å². The van der Waals surface area contributed by atoms with Crippen LogP contribution in [0.5, 0.6) is 0 Å². The molecule has 2 fully saturated rings. The number of hydrogen-bond donors (Lipinski definition) is 2. The Labute approximate surface area is 472 Å². The minimum Gasteiger partial charge on any atom is -0.490 e. The quantitative estimate of drug-likeness (QED) is 0.126. The number of carbonyl (C=O) groups excluding carboxylic acids is 6. The minimum absolute atomic E-state index is 0. The van der Waals surface area contributed by atoms with Crippen LogP contribution in [0.25, 0.3) is 0 Å². The molecule has 0 aromatic heterocycles. The second-order valence-corrected chi connectivity index (χ2v) is 11.4. The van der Waals surface area contributed by atoms with Crippen LogP contribution >= 0.6 is 0 Å². The van der Waals surface area contributed by atoms with E-state index in [1.807, 2.05) is 13.8 Å². The molecule has 54 heavy (non-hydrogen) atoms. The van der Waals surface area contributed by atoms with Crippen LogP contribution in [0.15, 0.2) is 38.5 Å². The Bertz CT molecular complexity index is 1070. The summed E-state index contributed by atoms with van der Waals surface area (Å²) in [4.78, 5) is 63.8. The predicted molar refractivity (Wildman–Crippen MR) is 175 cm³/mol. The zero-order chi connectivity index (χ0) is 37.4. The summed E-state index contributed by atoms with van der Waals surface area (Å²) in [6.07, 6.45) is 9.07. The van der Waals surface area contributed by atoms with Gasteiger partial charge in [-0.3, -0.25) is 55.1 Å². The van der Waals surface area contributed by atoms with Gasteiger partial charge in [-0.1, -0.05) is 20.4 Å². The number of ether oxygens (including phenoxy) is 4. The van der Waals surface area contributed by atoms with Crippen molar-refractivity contribution in [2.75, 3.05) is 13.2 Å². The number of Topliss-reactive ketones (excluding diaryl/α,β-unsaturated/α-hetero) is 2. The molecule has 2 aliphatic rings. The molecular weight excluding hydrogens is 1160 g/mol. The molecule has 2 saturated carbocycles. The molecule has 12 nitrogen and oxygen atoms in total. The number of allylic oxidation sites excluding steroid dienone is 1. The van der Waals surface area contributed by atoms with E-state index in [1.54, 1.807) is 13.8 Å². The van der Waals surface area contributed by atoms with Crippen molar-refractivity contribution < 1.29 is 254 Å². The van der Waals surface area contributed by atoms with Gasteiger partial charge in [-0.15, -0.1) is 0 Å². The predicted octanol–water partition coefficient (Wildman–Crippen LogP) is 3.53. The van der Waals surface area contributed by atoms with Gasteiger partial charge in [0.25, 0.3) is 0 Å². The third-order valence-electron chi connectivity index (χ3n) is 7.14. The number of hydrogen-bond acceptors (Lipinski definition) is 12. The molecule has 288 valence electrons. The average molecular weight is 1210 g/mol. The molecule has 0 saturated heterocycles. The van der Waals surface area contributed by atoms with E-state index in [4.69, 9.17) is 18.9 Å². The first-order valence-corrected chi connectivity index (χ1v) is 15.3. The largest absolute Gasteiger partial charge is 0.490 e. The SMILES string of the molecule is C=C(C)C(C)=O.C=[C-]C(=O)OCC1CCC(OC(=O)[C-]=C)C(O)C1.C=[C-]C(=O)OCC1CCC(OC(=O)[C-]=C)C(O)C1.CC(=O)C(C)C.[Y].[Y].[Y].[Y].[Y].[Y]. The van der Waals surface area contributed by atoms with Crippen LogP contribution in [0.3, 0.4) is 0 Å². The first-order valence-electron chi connectivity index (χ1n) is 15.3. The molecule has 6 radical (unpaired) electrons. The van der Waals surface area contributed by atoms with E-state index in [2.05, 4.69) is 57.2 Å². The van der Waals surface area contributed by atoms with Gasteiger partial charge >= 0.3 is 0 Å². The molecule has 0 bridgehead atoms. The molecule has 0 aromatic rings. The van der Waals surface area contributed by atoms with E-state index in [0.29, 0.717) is 44.1 Å². The molecule has 0 amide bonds. The molecular formula is C36H50O12Y6-4. The molecule has 2 aliphatic carbocycles. The van der Waals surface area contributed by atoms with Crippen molar-refractivity contribution in [3.05, 3.63) is 62.8 Å². The number of carbonyl (C=O) groups is 6. The second-order valence-electron chi connectivity index (χ2n) is 11.4. The summed E-state index contributed by atoms with van der Waals surface area (Å²) in [6, 6.07) is 0. The van der Waals surface area contributed by atoms with Crippen LogP contribution in [0, 0.1) is 42.1 Å². The van der Waals surface area contributed by atoms with Gasteiger partial charge in [0.15, 0.2) is 5.78 Å². The molecule has 6 atom stereocenters. The van der Waals surface area contributed by atoms with Crippen molar-refractivity contribution >= 4 is 35.4 Å². The number of aliphatic hydroxyl groups excluding tert-OH is 2. The molecule has 0 aromatic carbocycles. The van der Waals surface area contributed by atoms with Gasteiger partial charge in [0.05, 0.1) is 25.4 Å². The minimum atomic E-state index is -0.757. The van der Waals surface area contributed by atoms with Crippen LogP contribution < -0.4 is 0 Å². The standard InChI is InChI=1S/2C13H16O5.C5H10O.C5H8O.6Y/c2*1-3-12(15)17-8-9-5-6-11(10(14)7-9)18-13(16)4-2;2*1-4(2)5(3)6;;;;;;/h2*9-11,14H,1-2,5-8H2;4H,1-3H3;1H2,2-3H3;;;;;;/q2*-2;;;;;;;;. The molecule has 0 aliphatic heterocycles. The third-order valence-corrected chi connectivity index (χ3v) is 7.14. The topological polar surface area (TPSA) is 180 Å². The van der Waals surface area contributed by atoms with Crippen LogP contribution in [0.1, 0.15) is 73.1 Å². The zero-order valence-corrected chi connectivity index (χ0v) is 49.2. The normalized spacial score (nSPS) is 19.9. The van der Waals surface area contributed by atoms with Gasteiger partial charge in [0.2, 0.25) is 0 Å². The Morgan fingerprint density at radius 1 is 0.593 bits per heavy atom. The summed E-state index contributed by atoms with van der Waals surface area (Å²) in [5.74, 6) is -1.87. The van der Waals surface area contributed by atoms with Crippen molar-refractivity contribution in [1.29, 1.82) is 0 Å². The summed E-state index contributed by atoms with van der Waals surface area (Å²) in [5, 5.41) is 19.6. The van der Waals surface area contributed by atoms with E-state index in [-0.39, 0.29) is 239 Å². The van der Waals surface area contributed by atoms with Crippen molar-refractivity contribution in [2.24, 2.45) is 17.8 Å². The maximum absolute atomic E-state index is 11.0. The Morgan fingerprint density at radius 2 is 0.852 bits per heavy atom. The fourth-order valence-corrected chi connectivity index (χ4v) is 3.83. The van der Waals surface area contributed by atoms with E-state index in [1.165, 1.54) is 6.92 Å². The Balaban J connectivity index is -0.0000000926. The smallest absolute Gasteiger partial charge is 0.154 e. The van der Waals surface area contributed by atoms with Gasteiger partial charge in [-0.2, -0.15) is 0 Å². The number of esters is 4. The number of aliphatic hydroxyl groups is 2. The molecule has 0 heterocycles. The third kappa shape index (κ3) is 39.9. The van der Waals surface area contributed by atoms with Gasteiger partial charge in [-0.05, 0) is 76.7 Å². The fourth-order valence-electron chi connectivity index (χ4n) is 3.83. The van der Waals surface area contributed by atoms with E-state index in [9.17, 15) is 39.0 Å². The van der Waals surface area contributed by atoms with Crippen molar-refractivity contribution in [3.8, 4) is 0 Å². The first kappa shape index (κ1) is 74.0. The molecule has 18 heteroatoms. The zero-order valence-electron chi connectivity index (χ0n) is 32.2. The summed E-state index contributed by atoms with van der Waals surface area (Å²) in [7, 11) is 0. The summed E-state index contributed by atoms with van der Waals surface area (Å²) >= 11 is 0. The van der Waals surface area contributed by atoms with Crippen LogP contribution in [0.4, 0.5) is 0 Å². The Kier molecular flexibility index (Phi) is 61.6. The van der Waals surface area contributed by atoms with Crippen LogP contribution in [0.2, 0.25) is 0 Å². The molecule has 0 spiro atoms. The molecule has 2 N–H and O–H groups in total. The van der Waals surface area contributed by atoms with Gasteiger partial charge in [0, 0.05) is 202 Å². The van der Waals surface area contributed by atoms with Crippen LogP contribution in [-0.4, -0.2) is 83.3 Å². The number of ketones is 2. The fraction of sp³-hybridized carbons (Fsp3) is 0.556. The van der Waals surface area contributed by atoms with Crippen molar-refractivity contribution in [3.63, 3.8) is 0 Å². The van der Waals surface area contributed by atoms with E-state index < -0.39 is 48.3 Å². The Hall–Kier alpha value is 2.46. The molecule has 6 unspecified atom stereocenters. The van der Waals surface area contributed by atoms with Crippen LogP contribution in [-0.2, 0) is 244 Å². The van der Waals surface area contributed by atoms with Gasteiger partial charge in [-0.25, -0.2) is 0 Å². The maximum atomic E-state index is 11.0. The monoisotopic (exact) mass is 1210 g/mol. The average Bonchev–Trinajstić information content (AvgIpc) is 3.05. The first-order chi connectivity index (χ1) is 22.4. The van der Waals surface area contributed by atoms with Gasteiger partial charge in [0.1, 0.15) is 41.9 Å². The maximum Gasteiger partial charge on any atom is 0.154 e.